The first kappa shape index (κ1) is 22.9. The highest BCUT2D eigenvalue weighted by Gasteiger charge is 2.21. The number of anilines is 1. The van der Waals surface area contributed by atoms with Crippen molar-refractivity contribution in [3.05, 3.63) is 75.8 Å². The number of benzene rings is 2. The maximum absolute atomic E-state index is 12.7. The Bertz CT molecular complexity index is 1190. The lowest BCUT2D eigenvalue weighted by Gasteiger charge is -2.12. The summed E-state index contributed by atoms with van der Waals surface area (Å²) in [6.07, 6.45) is 4.04. The Kier molecular flexibility index (Phi) is 7.22. The molecule has 0 radical (unpaired) electrons. The normalized spacial score (nSPS) is 16.2. The van der Waals surface area contributed by atoms with Crippen molar-refractivity contribution < 1.29 is 17.9 Å². The summed E-state index contributed by atoms with van der Waals surface area (Å²) in [6.45, 7) is 0.870. The number of halogens is 1. The summed E-state index contributed by atoms with van der Waals surface area (Å²) in [5.74, 6) is -0.423. The second-order valence-electron chi connectivity index (χ2n) is 7.40. The lowest BCUT2D eigenvalue weighted by Crippen LogP contribution is -2.32. The van der Waals surface area contributed by atoms with E-state index in [1.807, 2.05) is 24.3 Å². The highest BCUT2D eigenvalue weighted by atomic mass is 35.5. The van der Waals surface area contributed by atoms with Crippen molar-refractivity contribution in [3.8, 4) is 0 Å². The molecular formula is C22H22ClN3O4S2. The zero-order chi connectivity index (χ0) is 22.6. The zero-order valence-corrected chi connectivity index (χ0v) is 19.5. The highest BCUT2D eigenvalue weighted by molar-refractivity contribution is 7.89. The highest BCUT2D eigenvalue weighted by Crippen LogP contribution is 2.23. The summed E-state index contributed by atoms with van der Waals surface area (Å²) in [5, 5.41) is 3.87. The predicted molar refractivity (Wildman–Crippen MR) is 125 cm³/mol. The summed E-state index contributed by atoms with van der Waals surface area (Å²) in [5.41, 5.74) is 1.32. The number of hydrogen-bond donors (Lipinski definition) is 2. The molecule has 168 valence electrons. The van der Waals surface area contributed by atoms with Gasteiger partial charge in [0.05, 0.1) is 11.0 Å². The Morgan fingerprint density at radius 2 is 2.03 bits per heavy atom. The molecule has 1 aromatic heterocycles. The molecule has 1 aliphatic rings. The van der Waals surface area contributed by atoms with Gasteiger partial charge in [0.1, 0.15) is 0 Å². The minimum absolute atomic E-state index is 0.0331. The lowest BCUT2D eigenvalue weighted by atomic mass is 10.1. The molecule has 1 amide bonds. The van der Waals surface area contributed by atoms with Crippen molar-refractivity contribution in [1.29, 1.82) is 0 Å². The molecule has 4 rings (SSSR count). The van der Waals surface area contributed by atoms with E-state index in [0.29, 0.717) is 23.2 Å². The van der Waals surface area contributed by atoms with Gasteiger partial charge in [0.2, 0.25) is 10.0 Å². The molecule has 2 heterocycles. The van der Waals surface area contributed by atoms with Crippen LogP contribution in [0.4, 0.5) is 5.13 Å². The summed E-state index contributed by atoms with van der Waals surface area (Å²) in [4.78, 5) is 17.9. The van der Waals surface area contributed by atoms with Crippen LogP contribution in [0.2, 0.25) is 5.02 Å². The first-order valence-corrected chi connectivity index (χ1v) is 12.8. The lowest BCUT2D eigenvalue weighted by molar-refractivity contribution is 0.102. The summed E-state index contributed by atoms with van der Waals surface area (Å²) >= 11 is 7.28. The van der Waals surface area contributed by atoms with Gasteiger partial charge in [0, 0.05) is 41.2 Å². The molecule has 1 unspecified atom stereocenters. The molecular weight excluding hydrogens is 470 g/mol. The van der Waals surface area contributed by atoms with Gasteiger partial charge < -0.3 is 4.74 Å². The number of carbonyl (C=O) groups excluding carboxylic acids is 1. The summed E-state index contributed by atoms with van der Waals surface area (Å²) < 4.78 is 33.2. The largest absolute Gasteiger partial charge is 0.377 e. The number of nitrogens with one attached hydrogen (secondary N) is 2. The predicted octanol–water partition coefficient (Wildman–Crippen LogP) is 4.10. The second-order valence-corrected chi connectivity index (χ2v) is 10.7. The zero-order valence-electron chi connectivity index (χ0n) is 17.1. The van der Waals surface area contributed by atoms with Gasteiger partial charge in [0.15, 0.2) is 5.13 Å². The van der Waals surface area contributed by atoms with E-state index >= 15 is 0 Å². The third kappa shape index (κ3) is 5.93. The Balaban J connectivity index is 1.39. The van der Waals surface area contributed by atoms with Crippen molar-refractivity contribution in [2.75, 3.05) is 18.5 Å². The van der Waals surface area contributed by atoms with Crippen LogP contribution in [0.1, 0.15) is 33.6 Å². The molecule has 0 bridgehead atoms. The van der Waals surface area contributed by atoms with Crippen molar-refractivity contribution in [3.63, 3.8) is 0 Å². The molecule has 2 aromatic carbocycles. The Morgan fingerprint density at radius 1 is 1.22 bits per heavy atom. The van der Waals surface area contributed by atoms with Gasteiger partial charge in [-0.25, -0.2) is 18.1 Å². The molecule has 1 aliphatic heterocycles. The summed E-state index contributed by atoms with van der Waals surface area (Å²) in [7, 11) is -3.74. The Labute approximate surface area is 195 Å². The van der Waals surface area contributed by atoms with Crippen molar-refractivity contribution >= 4 is 44.0 Å². The average molecular weight is 492 g/mol. The third-order valence-electron chi connectivity index (χ3n) is 5.00. The topological polar surface area (TPSA) is 97.4 Å². The fraction of sp³-hybridized carbons (Fsp3) is 0.273. The Hall–Kier alpha value is -2.30. The number of aromatic nitrogens is 1. The molecule has 7 nitrogen and oxygen atoms in total. The molecule has 1 fully saturated rings. The fourth-order valence-electron chi connectivity index (χ4n) is 3.32. The van der Waals surface area contributed by atoms with Gasteiger partial charge in [-0.15, -0.1) is 11.3 Å². The number of hydrogen-bond acceptors (Lipinski definition) is 6. The number of thiazole rings is 1. The fourth-order valence-corrected chi connectivity index (χ4v) is 5.40. The molecule has 2 N–H and O–H groups in total. The van der Waals surface area contributed by atoms with Crippen LogP contribution in [-0.2, 0) is 21.2 Å². The van der Waals surface area contributed by atoms with Gasteiger partial charge in [-0.3, -0.25) is 10.1 Å². The van der Waals surface area contributed by atoms with E-state index in [4.69, 9.17) is 16.3 Å². The minimum Gasteiger partial charge on any atom is -0.377 e. The third-order valence-corrected chi connectivity index (χ3v) is 7.58. The van der Waals surface area contributed by atoms with E-state index in [0.717, 1.165) is 23.3 Å². The molecule has 3 aromatic rings. The molecule has 1 saturated heterocycles. The molecule has 0 saturated carbocycles. The van der Waals surface area contributed by atoms with E-state index in [-0.39, 0.29) is 23.1 Å². The van der Waals surface area contributed by atoms with Crippen LogP contribution in [0.5, 0.6) is 0 Å². The van der Waals surface area contributed by atoms with Crippen LogP contribution in [-0.4, -0.2) is 38.6 Å². The van der Waals surface area contributed by atoms with Crippen LogP contribution in [0.25, 0.3) is 0 Å². The van der Waals surface area contributed by atoms with Gasteiger partial charge in [-0.2, -0.15) is 0 Å². The van der Waals surface area contributed by atoms with Gasteiger partial charge in [-0.05, 0) is 48.7 Å². The molecule has 1 atom stereocenters. The first-order valence-electron chi connectivity index (χ1n) is 10.1. The minimum atomic E-state index is -3.74. The maximum atomic E-state index is 12.7. The number of nitrogens with zero attached hydrogens (tertiary/aromatic N) is 1. The van der Waals surface area contributed by atoms with E-state index in [2.05, 4.69) is 15.0 Å². The first-order chi connectivity index (χ1) is 15.4. The monoisotopic (exact) mass is 491 g/mol. The van der Waals surface area contributed by atoms with Crippen LogP contribution in [0.15, 0.2) is 59.6 Å². The Morgan fingerprint density at radius 3 is 2.78 bits per heavy atom. The summed E-state index contributed by atoms with van der Waals surface area (Å²) in [6, 6.07) is 13.5. The molecule has 10 heteroatoms. The van der Waals surface area contributed by atoms with E-state index < -0.39 is 15.9 Å². The van der Waals surface area contributed by atoms with Crippen LogP contribution < -0.4 is 10.0 Å². The number of sulfonamides is 1. The quantitative estimate of drug-likeness (QED) is 0.494. The maximum Gasteiger partial charge on any atom is 0.257 e. The van der Waals surface area contributed by atoms with Crippen molar-refractivity contribution in [2.24, 2.45) is 0 Å². The van der Waals surface area contributed by atoms with E-state index in [1.165, 1.54) is 23.5 Å². The second kappa shape index (κ2) is 10.1. The SMILES string of the molecule is O=C(Nc1ncc(Cc2ccc(Cl)cc2)s1)c1cccc(S(=O)(=O)NCC2CCCO2)c1. The van der Waals surface area contributed by atoms with Crippen LogP contribution in [0, 0.1) is 0 Å². The average Bonchev–Trinajstić information content (AvgIpc) is 3.46. The van der Waals surface area contributed by atoms with E-state index in [1.54, 1.807) is 18.3 Å². The van der Waals surface area contributed by atoms with Crippen molar-refractivity contribution in [1.82, 2.24) is 9.71 Å². The number of ether oxygens (including phenoxy) is 1. The van der Waals surface area contributed by atoms with Crippen LogP contribution in [0.3, 0.4) is 0 Å². The van der Waals surface area contributed by atoms with Gasteiger partial charge in [-0.1, -0.05) is 29.8 Å². The van der Waals surface area contributed by atoms with Gasteiger partial charge >= 0.3 is 0 Å². The number of carbonyl (C=O) groups is 1. The standard InChI is InChI=1S/C22H22ClN3O4S2/c23-17-8-6-15(7-9-17)11-19-14-24-22(31-19)26-21(27)16-3-1-5-20(12-16)32(28,29)25-13-18-4-2-10-30-18/h1,3,5-9,12,14,18,25H,2,4,10-11,13H2,(H,24,26,27). The van der Waals surface area contributed by atoms with Gasteiger partial charge in [0.25, 0.3) is 5.91 Å². The molecule has 32 heavy (non-hydrogen) atoms. The number of amides is 1. The smallest absolute Gasteiger partial charge is 0.257 e. The number of rotatable bonds is 8. The molecule has 0 spiro atoms. The molecule has 0 aliphatic carbocycles. The van der Waals surface area contributed by atoms with Crippen molar-refractivity contribution in [2.45, 2.75) is 30.3 Å². The van der Waals surface area contributed by atoms with E-state index in [9.17, 15) is 13.2 Å². The van der Waals surface area contributed by atoms with Crippen LogP contribution >= 0.6 is 22.9 Å².